The highest BCUT2D eigenvalue weighted by atomic mass is 16.4. The van der Waals surface area contributed by atoms with Gasteiger partial charge in [-0.2, -0.15) is 0 Å². The molecule has 5 rings (SSSR count). The summed E-state index contributed by atoms with van der Waals surface area (Å²) >= 11 is 0. The number of ketones is 1. The molecule has 5 nitrogen and oxygen atoms in total. The van der Waals surface area contributed by atoms with E-state index in [0.29, 0.717) is 36.4 Å². The van der Waals surface area contributed by atoms with E-state index in [2.05, 4.69) is 60.3 Å². The van der Waals surface area contributed by atoms with E-state index in [-0.39, 0.29) is 16.7 Å². The Labute approximate surface area is 266 Å². The first kappa shape index (κ1) is 33.4. The minimum absolute atomic E-state index is 0.0460. The van der Waals surface area contributed by atoms with Gasteiger partial charge in [-0.25, -0.2) is 4.98 Å². The molecule has 4 saturated carbocycles. The van der Waals surface area contributed by atoms with Crippen LogP contribution in [0.3, 0.4) is 0 Å². The summed E-state index contributed by atoms with van der Waals surface area (Å²) in [6, 6.07) is 0. The number of hydrogen-bond donors (Lipinski definition) is 2. The highest BCUT2D eigenvalue weighted by Gasteiger charge is 2.58. The second-order valence-corrected chi connectivity index (χ2v) is 16.3. The molecule has 244 valence electrons. The van der Waals surface area contributed by atoms with Crippen molar-refractivity contribution in [2.45, 2.75) is 149 Å². The van der Waals surface area contributed by atoms with Crippen molar-refractivity contribution in [3.63, 3.8) is 0 Å². The number of allylic oxidation sites excluding steroid dienone is 3. The van der Waals surface area contributed by atoms with Crippen LogP contribution in [-0.4, -0.2) is 33.2 Å². The number of aliphatic hydroxyl groups excluding tert-OH is 2. The molecule has 1 aromatic rings. The summed E-state index contributed by atoms with van der Waals surface area (Å²) in [4.78, 5) is 18.8. The fourth-order valence-electron chi connectivity index (χ4n) is 9.34. The third-order valence-corrected chi connectivity index (χ3v) is 12.2. The maximum Gasteiger partial charge on any atom is 0.201 e. The van der Waals surface area contributed by atoms with E-state index >= 15 is 0 Å². The largest absolute Gasteiger partial charge is 0.445 e. The maximum atomic E-state index is 14.0. The van der Waals surface area contributed by atoms with Crippen LogP contribution in [0.25, 0.3) is 0 Å². The second-order valence-electron chi connectivity index (χ2n) is 16.3. The van der Waals surface area contributed by atoms with E-state index in [0.717, 1.165) is 74.2 Å². The van der Waals surface area contributed by atoms with Crippen LogP contribution in [0.5, 0.6) is 0 Å². The van der Waals surface area contributed by atoms with E-state index in [1.165, 1.54) is 31.3 Å². The van der Waals surface area contributed by atoms with Crippen LogP contribution in [0.2, 0.25) is 0 Å². The van der Waals surface area contributed by atoms with Gasteiger partial charge in [-0.05, 0) is 105 Å². The van der Waals surface area contributed by atoms with Gasteiger partial charge in [0.15, 0.2) is 0 Å². The molecule has 1 aromatic heterocycles. The van der Waals surface area contributed by atoms with Crippen LogP contribution >= 0.6 is 0 Å². The smallest absolute Gasteiger partial charge is 0.201 e. The lowest BCUT2D eigenvalue weighted by Crippen LogP contribution is -2.38. The number of unbranched alkanes of at least 4 members (excludes halogenated alkanes) is 1. The molecule has 1 heterocycles. The number of rotatable bonds is 11. The summed E-state index contributed by atoms with van der Waals surface area (Å²) in [5, 5.41) is 20.5. The summed E-state index contributed by atoms with van der Waals surface area (Å²) < 4.78 is 6.34. The number of aryl methyl sites for hydroxylation is 1. The first-order valence-electron chi connectivity index (χ1n) is 17.7. The van der Waals surface area contributed by atoms with Gasteiger partial charge < -0.3 is 14.6 Å². The number of oxazole rings is 1. The Balaban J connectivity index is 1.30. The standard InChI is InChI=1S/C39H59NO4/c1-8-9-12-30-24-40-36(44-30)39(20-21-39)33(35(43)37(4,5)6)16-13-25(2)31-17-18-32-27(11-10-19-38(31,32)7)14-15-28-22-29(41)23-34(42)26(28)3/h14-15,24-25,29,31-34,41-42H,3,8-13,16-23H2,1-2,4-7H3/b27-14+,28-15-/t25-,29-,31-,32+,33+,34+,38-/m1/s1. The molecule has 0 saturated heterocycles. The summed E-state index contributed by atoms with van der Waals surface area (Å²) in [7, 11) is 0. The highest BCUT2D eigenvalue weighted by Crippen LogP contribution is 2.61. The molecule has 2 N–H and O–H groups in total. The van der Waals surface area contributed by atoms with Gasteiger partial charge in [-0.3, -0.25) is 4.79 Å². The number of carbonyl (C=O) groups is 1. The summed E-state index contributed by atoms with van der Waals surface area (Å²) in [6.07, 6.45) is 19.3. The van der Waals surface area contributed by atoms with Crippen LogP contribution in [0, 0.1) is 34.5 Å². The Morgan fingerprint density at radius 3 is 2.61 bits per heavy atom. The Hall–Kier alpha value is -1.98. The van der Waals surface area contributed by atoms with E-state index in [1.807, 2.05) is 6.20 Å². The molecule has 7 atom stereocenters. The predicted octanol–water partition coefficient (Wildman–Crippen LogP) is 8.84. The van der Waals surface area contributed by atoms with Gasteiger partial charge in [-0.1, -0.05) is 72.3 Å². The van der Waals surface area contributed by atoms with Crippen LogP contribution in [0.15, 0.2) is 46.1 Å². The zero-order valence-corrected chi connectivity index (χ0v) is 28.5. The molecule has 0 unspecified atom stereocenters. The van der Waals surface area contributed by atoms with Gasteiger partial charge in [-0.15, -0.1) is 0 Å². The molecule has 0 amide bonds. The van der Waals surface area contributed by atoms with Crippen molar-refractivity contribution in [3.8, 4) is 0 Å². The average Bonchev–Trinajstić information content (AvgIpc) is 3.46. The zero-order valence-electron chi connectivity index (χ0n) is 28.5. The molecule has 5 heteroatoms. The Morgan fingerprint density at radius 1 is 1.18 bits per heavy atom. The zero-order chi connectivity index (χ0) is 31.9. The quantitative estimate of drug-likeness (QED) is 0.263. The number of carbonyl (C=O) groups excluding carboxylic acids is 1. The monoisotopic (exact) mass is 605 g/mol. The number of aromatic nitrogens is 1. The molecular weight excluding hydrogens is 546 g/mol. The molecule has 0 spiro atoms. The molecule has 44 heavy (non-hydrogen) atoms. The molecule has 0 aliphatic heterocycles. The van der Waals surface area contributed by atoms with E-state index < -0.39 is 17.6 Å². The minimum Gasteiger partial charge on any atom is -0.445 e. The van der Waals surface area contributed by atoms with E-state index in [4.69, 9.17) is 9.40 Å². The Morgan fingerprint density at radius 2 is 1.93 bits per heavy atom. The van der Waals surface area contributed by atoms with Gasteiger partial charge in [0.05, 0.1) is 23.8 Å². The predicted molar refractivity (Wildman–Crippen MR) is 177 cm³/mol. The molecule has 4 aliphatic rings. The van der Waals surface area contributed by atoms with Crippen LogP contribution in [0.4, 0.5) is 0 Å². The lowest BCUT2D eigenvalue weighted by Gasteiger charge is -2.44. The number of nitrogens with zero attached hydrogens (tertiary/aromatic N) is 1. The second kappa shape index (κ2) is 13.0. The Kier molecular flexibility index (Phi) is 9.88. The van der Waals surface area contributed by atoms with Gasteiger partial charge in [0, 0.05) is 24.2 Å². The van der Waals surface area contributed by atoms with Crippen molar-refractivity contribution in [1.29, 1.82) is 0 Å². The molecule has 4 fully saturated rings. The van der Waals surface area contributed by atoms with Gasteiger partial charge >= 0.3 is 0 Å². The van der Waals surface area contributed by atoms with Crippen molar-refractivity contribution < 1.29 is 19.4 Å². The summed E-state index contributed by atoms with van der Waals surface area (Å²) in [5.41, 5.74) is 2.93. The fraction of sp³-hybridized carbons (Fsp3) is 0.744. The fourth-order valence-corrected chi connectivity index (χ4v) is 9.34. The van der Waals surface area contributed by atoms with Gasteiger partial charge in [0.2, 0.25) is 5.89 Å². The van der Waals surface area contributed by atoms with Crippen LogP contribution in [0.1, 0.15) is 137 Å². The normalized spacial score (nSPS) is 33.4. The van der Waals surface area contributed by atoms with Crippen molar-refractivity contribution in [2.24, 2.45) is 34.5 Å². The number of fused-ring (bicyclic) bond motifs is 1. The molecular formula is C39H59NO4. The van der Waals surface area contributed by atoms with Crippen LogP contribution < -0.4 is 0 Å². The lowest BCUT2D eigenvalue weighted by molar-refractivity contribution is -0.132. The topological polar surface area (TPSA) is 83.6 Å². The Bertz CT molecular complexity index is 1260. The highest BCUT2D eigenvalue weighted by molar-refractivity contribution is 5.87. The average molecular weight is 606 g/mol. The number of hydrogen-bond acceptors (Lipinski definition) is 5. The number of Topliss-reactive ketones (excluding diaryl/α,β-unsaturated/α-hetero) is 1. The minimum atomic E-state index is -0.646. The first-order chi connectivity index (χ1) is 20.8. The molecule has 0 radical (unpaired) electrons. The van der Waals surface area contributed by atoms with E-state index in [9.17, 15) is 15.0 Å². The van der Waals surface area contributed by atoms with Crippen molar-refractivity contribution >= 4 is 5.78 Å². The van der Waals surface area contributed by atoms with Crippen molar-refractivity contribution in [3.05, 3.63) is 53.3 Å². The summed E-state index contributed by atoms with van der Waals surface area (Å²) in [6.45, 7) is 17.5. The van der Waals surface area contributed by atoms with Crippen LogP contribution in [-0.2, 0) is 16.6 Å². The third kappa shape index (κ3) is 6.61. The van der Waals surface area contributed by atoms with E-state index in [1.54, 1.807) is 0 Å². The molecule has 0 aromatic carbocycles. The number of aliphatic hydroxyl groups is 2. The van der Waals surface area contributed by atoms with Crippen molar-refractivity contribution in [2.75, 3.05) is 0 Å². The third-order valence-electron chi connectivity index (χ3n) is 12.2. The maximum absolute atomic E-state index is 14.0. The molecule has 4 aliphatic carbocycles. The van der Waals surface area contributed by atoms with Gasteiger partial charge in [0.1, 0.15) is 11.5 Å². The van der Waals surface area contributed by atoms with Crippen molar-refractivity contribution in [1.82, 2.24) is 4.98 Å². The van der Waals surface area contributed by atoms with Gasteiger partial charge in [0.25, 0.3) is 0 Å². The SMILES string of the molecule is C=C1/C(=C\C=C2/CCC[C@]3(C)[C@@H]([C@H](C)CC[C@@H](C(=O)C(C)(C)C)C4(c5ncc(CCCC)o5)CC4)CC[C@@H]23)C[C@@H](O)C[C@@H]1O. The first-order valence-corrected chi connectivity index (χ1v) is 17.7. The summed E-state index contributed by atoms with van der Waals surface area (Å²) in [5.74, 6) is 3.84. The lowest BCUT2D eigenvalue weighted by atomic mass is 9.60. The molecule has 0 bridgehead atoms.